The fraction of sp³-hybridized carbons (Fsp3) is 0.769. The molecular weight excluding hydrogens is 250 g/mol. The summed E-state index contributed by atoms with van der Waals surface area (Å²) in [6, 6.07) is -0.964. The van der Waals surface area contributed by atoms with Crippen LogP contribution in [0, 0.1) is 11.8 Å². The summed E-state index contributed by atoms with van der Waals surface area (Å²) in [5.74, 6) is -2.71. The average Bonchev–Trinajstić information content (AvgIpc) is 2.26. The Morgan fingerprint density at radius 2 is 1.58 bits per heavy atom. The van der Waals surface area contributed by atoms with E-state index < -0.39 is 18.0 Å². The number of nitrogens with zero attached hydrogens (tertiary/aromatic N) is 1. The Morgan fingerprint density at radius 1 is 1.05 bits per heavy atom. The number of carbonyl (C=O) groups is 3. The second kappa shape index (κ2) is 7.76. The number of hydrogen-bond acceptors (Lipinski definition) is 3. The zero-order valence-electron chi connectivity index (χ0n) is 11.9. The molecule has 1 amide bonds. The molecule has 0 heterocycles. The highest BCUT2D eigenvalue weighted by Gasteiger charge is 2.31. The van der Waals surface area contributed by atoms with Gasteiger partial charge in [0.05, 0.1) is 6.42 Å². The van der Waals surface area contributed by atoms with Crippen LogP contribution in [0.4, 0.5) is 0 Å². The van der Waals surface area contributed by atoms with Gasteiger partial charge in [-0.05, 0) is 12.3 Å². The predicted molar refractivity (Wildman–Crippen MR) is 69.7 cm³/mol. The standard InChI is InChI=1S/C13H23NO5/c1-8(2)7-10(13(18)19)14(6-5-11(15)16)12(17)9(3)4/h8-10H,5-7H2,1-4H3,(H,15,16)(H,18,19). The number of rotatable bonds is 8. The van der Waals surface area contributed by atoms with Gasteiger partial charge in [-0.25, -0.2) is 4.79 Å². The van der Waals surface area contributed by atoms with Crippen molar-refractivity contribution in [3.05, 3.63) is 0 Å². The van der Waals surface area contributed by atoms with Gasteiger partial charge in [-0.2, -0.15) is 0 Å². The molecule has 0 radical (unpaired) electrons. The van der Waals surface area contributed by atoms with Crippen LogP contribution in [0.2, 0.25) is 0 Å². The van der Waals surface area contributed by atoms with E-state index in [1.54, 1.807) is 13.8 Å². The summed E-state index contributed by atoms with van der Waals surface area (Å²) < 4.78 is 0. The Hall–Kier alpha value is -1.59. The van der Waals surface area contributed by atoms with Crippen LogP contribution in [0.3, 0.4) is 0 Å². The van der Waals surface area contributed by atoms with Crippen LogP contribution in [-0.4, -0.2) is 45.5 Å². The highest BCUT2D eigenvalue weighted by atomic mass is 16.4. The smallest absolute Gasteiger partial charge is 0.326 e. The van der Waals surface area contributed by atoms with Crippen LogP contribution in [0.5, 0.6) is 0 Å². The van der Waals surface area contributed by atoms with Crippen LogP contribution in [-0.2, 0) is 14.4 Å². The van der Waals surface area contributed by atoms with Gasteiger partial charge in [-0.3, -0.25) is 9.59 Å². The Labute approximate surface area is 113 Å². The Balaban J connectivity index is 5.08. The minimum atomic E-state index is -1.09. The second-order valence-electron chi connectivity index (χ2n) is 5.31. The Kier molecular flexibility index (Phi) is 7.11. The van der Waals surface area contributed by atoms with Crippen molar-refractivity contribution in [2.75, 3.05) is 6.54 Å². The topological polar surface area (TPSA) is 94.9 Å². The van der Waals surface area contributed by atoms with Crippen molar-refractivity contribution in [2.45, 2.75) is 46.6 Å². The predicted octanol–water partition coefficient (Wildman–Crippen LogP) is 1.45. The van der Waals surface area contributed by atoms with Crippen molar-refractivity contribution in [3.63, 3.8) is 0 Å². The number of amides is 1. The van der Waals surface area contributed by atoms with Gasteiger partial charge in [-0.15, -0.1) is 0 Å². The molecule has 0 aromatic heterocycles. The van der Waals surface area contributed by atoms with E-state index in [2.05, 4.69) is 0 Å². The minimum Gasteiger partial charge on any atom is -0.481 e. The van der Waals surface area contributed by atoms with Gasteiger partial charge in [0.15, 0.2) is 0 Å². The van der Waals surface area contributed by atoms with Crippen molar-refractivity contribution in [3.8, 4) is 0 Å². The lowest BCUT2D eigenvalue weighted by atomic mass is 10.0. The van der Waals surface area contributed by atoms with E-state index in [4.69, 9.17) is 5.11 Å². The maximum Gasteiger partial charge on any atom is 0.326 e. The van der Waals surface area contributed by atoms with Crippen molar-refractivity contribution < 1.29 is 24.6 Å². The van der Waals surface area contributed by atoms with E-state index in [-0.39, 0.29) is 30.7 Å². The number of aliphatic carboxylic acids is 2. The first-order valence-electron chi connectivity index (χ1n) is 6.41. The van der Waals surface area contributed by atoms with Gasteiger partial charge >= 0.3 is 11.9 Å². The molecule has 0 aliphatic heterocycles. The lowest BCUT2D eigenvalue weighted by Crippen LogP contribution is -2.48. The highest BCUT2D eigenvalue weighted by molar-refractivity contribution is 5.85. The molecule has 0 fully saturated rings. The molecule has 2 N–H and O–H groups in total. The van der Waals surface area contributed by atoms with Crippen molar-refractivity contribution in [2.24, 2.45) is 11.8 Å². The zero-order valence-corrected chi connectivity index (χ0v) is 11.9. The quantitative estimate of drug-likeness (QED) is 0.698. The van der Waals surface area contributed by atoms with Crippen LogP contribution in [0.25, 0.3) is 0 Å². The van der Waals surface area contributed by atoms with Gasteiger partial charge in [0, 0.05) is 12.5 Å². The lowest BCUT2D eigenvalue weighted by Gasteiger charge is -2.31. The van der Waals surface area contributed by atoms with Crippen LogP contribution < -0.4 is 0 Å². The van der Waals surface area contributed by atoms with Crippen LogP contribution in [0.15, 0.2) is 0 Å². The van der Waals surface area contributed by atoms with Gasteiger partial charge in [0.25, 0.3) is 0 Å². The van der Waals surface area contributed by atoms with Crippen LogP contribution >= 0.6 is 0 Å². The van der Waals surface area contributed by atoms with Crippen LogP contribution in [0.1, 0.15) is 40.5 Å². The van der Waals surface area contributed by atoms with E-state index in [1.165, 1.54) is 4.90 Å². The number of hydrogen-bond donors (Lipinski definition) is 2. The molecule has 0 aliphatic rings. The number of carboxylic acid groups (broad SMARTS) is 2. The molecular formula is C13H23NO5. The molecule has 0 aliphatic carbocycles. The third-order valence-corrected chi connectivity index (χ3v) is 2.70. The first-order chi connectivity index (χ1) is 8.66. The molecule has 6 heteroatoms. The fourth-order valence-electron chi connectivity index (χ4n) is 1.78. The summed E-state index contributed by atoms with van der Waals surface area (Å²) >= 11 is 0. The first-order valence-corrected chi connectivity index (χ1v) is 6.41. The molecule has 0 aromatic rings. The largest absolute Gasteiger partial charge is 0.481 e. The van der Waals surface area contributed by atoms with E-state index in [1.807, 2.05) is 13.8 Å². The van der Waals surface area contributed by atoms with Gasteiger partial charge < -0.3 is 15.1 Å². The van der Waals surface area contributed by atoms with E-state index >= 15 is 0 Å². The summed E-state index contributed by atoms with van der Waals surface area (Å²) in [5, 5.41) is 17.9. The fourth-order valence-corrected chi connectivity index (χ4v) is 1.78. The Morgan fingerprint density at radius 3 is 1.89 bits per heavy atom. The number of carboxylic acids is 2. The summed E-state index contributed by atoms with van der Waals surface area (Å²) in [6.45, 7) is 7.00. The third-order valence-electron chi connectivity index (χ3n) is 2.70. The summed E-state index contributed by atoms with van der Waals surface area (Å²) in [6.07, 6.45) is 0.0632. The molecule has 19 heavy (non-hydrogen) atoms. The van der Waals surface area contributed by atoms with E-state index in [0.717, 1.165) is 0 Å². The summed E-state index contributed by atoms with van der Waals surface area (Å²) in [4.78, 5) is 35.2. The maximum absolute atomic E-state index is 12.1. The molecule has 6 nitrogen and oxygen atoms in total. The van der Waals surface area contributed by atoms with E-state index in [0.29, 0.717) is 6.42 Å². The van der Waals surface area contributed by atoms with Crippen molar-refractivity contribution >= 4 is 17.8 Å². The SMILES string of the molecule is CC(C)CC(C(=O)O)N(CCC(=O)O)C(=O)C(C)C. The zero-order chi connectivity index (χ0) is 15.2. The molecule has 1 unspecified atom stereocenters. The van der Waals surface area contributed by atoms with Gasteiger partial charge in [-0.1, -0.05) is 27.7 Å². The summed E-state index contributed by atoms with van der Waals surface area (Å²) in [5.41, 5.74) is 0. The molecule has 0 rings (SSSR count). The van der Waals surface area contributed by atoms with Gasteiger partial charge in [0.1, 0.15) is 6.04 Å². The summed E-state index contributed by atoms with van der Waals surface area (Å²) in [7, 11) is 0. The maximum atomic E-state index is 12.1. The van der Waals surface area contributed by atoms with Gasteiger partial charge in [0.2, 0.25) is 5.91 Å². The molecule has 0 spiro atoms. The average molecular weight is 273 g/mol. The van der Waals surface area contributed by atoms with Crippen molar-refractivity contribution in [1.29, 1.82) is 0 Å². The lowest BCUT2D eigenvalue weighted by molar-refractivity contribution is -0.153. The highest BCUT2D eigenvalue weighted by Crippen LogP contribution is 2.15. The molecule has 110 valence electrons. The second-order valence-corrected chi connectivity index (χ2v) is 5.31. The monoisotopic (exact) mass is 273 g/mol. The molecule has 0 saturated carbocycles. The molecule has 0 saturated heterocycles. The third kappa shape index (κ3) is 6.22. The van der Waals surface area contributed by atoms with Crippen molar-refractivity contribution in [1.82, 2.24) is 4.90 Å². The number of carbonyl (C=O) groups excluding carboxylic acids is 1. The minimum absolute atomic E-state index is 0.0734. The molecule has 0 bridgehead atoms. The van der Waals surface area contributed by atoms with E-state index in [9.17, 15) is 19.5 Å². The first kappa shape index (κ1) is 17.4. The Bertz CT molecular complexity index is 338. The normalized spacial score (nSPS) is 12.5. The molecule has 1 atom stereocenters. The molecule has 0 aromatic carbocycles.